The Kier molecular flexibility index (Phi) is 5.40. The summed E-state index contributed by atoms with van der Waals surface area (Å²) in [5, 5.41) is 6.02. The second-order valence-corrected chi connectivity index (χ2v) is 5.96. The molecule has 2 rings (SSSR count). The summed E-state index contributed by atoms with van der Waals surface area (Å²) >= 11 is 0. The third kappa shape index (κ3) is 3.32. The van der Waals surface area contributed by atoms with Crippen LogP contribution in [0.3, 0.4) is 0 Å². The standard InChI is InChI=1S/C15H27N3O2/c1-3-11-7-8-17-12(10-11)15(20)18-9-5-4-6-13(18)14(19)16-2/h11-13,17H,3-10H2,1-2H3,(H,16,19). The molecule has 2 amide bonds. The van der Waals surface area contributed by atoms with E-state index in [0.29, 0.717) is 12.5 Å². The molecule has 3 unspecified atom stereocenters. The molecule has 2 N–H and O–H groups in total. The van der Waals surface area contributed by atoms with Gasteiger partial charge in [0.05, 0.1) is 6.04 Å². The van der Waals surface area contributed by atoms with Crippen molar-refractivity contribution in [1.82, 2.24) is 15.5 Å². The third-order valence-corrected chi connectivity index (χ3v) is 4.72. The van der Waals surface area contributed by atoms with Gasteiger partial charge in [-0.1, -0.05) is 13.3 Å². The Morgan fingerprint density at radius 2 is 2.10 bits per heavy atom. The molecule has 0 aliphatic carbocycles. The normalized spacial score (nSPS) is 30.9. The van der Waals surface area contributed by atoms with Crippen LogP contribution in [-0.4, -0.2) is 48.9 Å². The fourth-order valence-electron chi connectivity index (χ4n) is 3.39. The Balaban J connectivity index is 2.03. The van der Waals surface area contributed by atoms with E-state index in [2.05, 4.69) is 17.6 Å². The highest BCUT2D eigenvalue weighted by Gasteiger charge is 2.36. The lowest BCUT2D eigenvalue weighted by Gasteiger charge is -2.39. The van der Waals surface area contributed by atoms with Crippen molar-refractivity contribution < 1.29 is 9.59 Å². The van der Waals surface area contributed by atoms with Gasteiger partial charge < -0.3 is 15.5 Å². The number of hydrogen-bond donors (Lipinski definition) is 2. The molecule has 2 fully saturated rings. The van der Waals surface area contributed by atoms with Crippen LogP contribution in [0.1, 0.15) is 45.4 Å². The molecule has 2 saturated heterocycles. The minimum atomic E-state index is -0.273. The molecule has 0 radical (unpaired) electrons. The number of rotatable bonds is 3. The number of carbonyl (C=O) groups is 2. The van der Waals surface area contributed by atoms with Crippen LogP contribution in [0.5, 0.6) is 0 Å². The predicted octanol–water partition coefficient (Wildman–Crippen LogP) is 0.892. The summed E-state index contributed by atoms with van der Waals surface area (Å²) in [4.78, 5) is 26.5. The van der Waals surface area contributed by atoms with Crippen LogP contribution in [0.4, 0.5) is 0 Å². The first-order valence-electron chi connectivity index (χ1n) is 7.92. The molecular weight excluding hydrogens is 254 g/mol. The molecule has 2 aliphatic rings. The van der Waals surface area contributed by atoms with Crippen molar-refractivity contribution in [2.24, 2.45) is 5.92 Å². The number of likely N-dealkylation sites (N-methyl/N-ethyl adjacent to an activating group) is 1. The summed E-state index contributed by atoms with van der Waals surface area (Å²) < 4.78 is 0. The fraction of sp³-hybridized carbons (Fsp3) is 0.867. The molecule has 0 saturated carbocycles. The second kappa shape index (κ2) is 7.07. The summed E-state index contributed by atoms with van der Waals surface area (Å²) in [5.74, 6) is 0.728. The molecule has 0 aromatic rings. The second-order valence-electron chi connectivity index (χ2n) is 5.96. The van der Waals surface area contributed by atoms with E-state index in [0.717, 1.165) is 45.1 Å². The molecule has 0 spiro atoms. The maximum atomic E-state index is 12.7. The summed E-state index contributed by atoms with van der Waals surface area (Å²) in [6.07, 6.45) is 6.01. The van der Waals surface area contributed by atoms with E-state index in [-0.39, 0.29) is 23.9 Å². The van der Waals surface area contributed by atoms with E-state index in [1.807, 2.05) is 0 Å². The third-order valence-electron chi connectivity index (χ3n) is 4.72. The quantitative estimate of drug-likeness (QED) is 0.808. The van der Waals surface area contributed by atoms with Gasteiger partial charge in [-0.15, -0.1) is 0 Å². The molecule has 5 heteroatoms. The summed E-state index contributed by atoms with van der Waals surface area (Å²) in [6.45, 7) is 3.81. The first-order chi connectivity index (χ1) is 9.67. The number of hydrogen-bond acceptors (Lipinski definition) is 3. The Labute approximate surface area is 121 Å². The maximum absolute atomic E-state index is 12.7. The molecule has 0 aromatic heterocycles. The zero-order valence-corrected chi connectivity index (χ0v) is 12.7. The Bertz CT molecular complexity index is 359. The van der Waals surface area contributed by atoms with Gasteiger partial charge in [0.25, 0.3) is 0 Å². The van der Waals surface area contributed by atoms with Gasteiger partial charge in [-0.2, -0.15) is 0 Å². The van der Waals surface area contributed by atoms with Gasteiger partial charge in [-0.25, -0.2) is 0 Å². The van der Waals surface area contributed by atoms with E-state index >= 15 is 0 Å². The minimum absolute atomic E-state index is 0.0269. The van der Waals surface area contributed by atoms with E-state index in [1.54, 1.807) is 11.9 Å². The van der Waals surface area contributed by atoms with E-state index in [1.165, 1.54) is 0 Å². The molecule has 2 aliphatic heterocycles. The summed E-state index contributed by atoms with van der Waals surface area (Å²) in [5.41, 5.74) is 0. The van der Waals surface area contributed by atoms with Crippen molar-refractivity contribution in [2.45, 2.75) is 57.5 Å². The zero-order chi connectivity index (χ0) is 14.5. The molecule has 2 heterocycles. The van der Waals surface area contributed by atoms with E-state index in [9.17, 15) is 9.59 Å². The van der Waals surface area contributed by atoms with Gasteiger partial charge in [0, 0.05) is 13.6 Å². The van der Waals surface area contributed by atoms with Gasteiger partial charge in [-0.05, 0) is 44.6 Å². The summed E-state index contributed by atoms with van der Waals surface area (Å²) in [6, 6.07) is -0.371. The highest BCUT2D eigenvalue weighted by molar-refractivity contribution is 5.90. The van der Waals surface area contributed by atoms with Crippen molar-refractivity contribution >= 4 is 11.8 Å². The van der Waals surface area contributed by atoms with E-state index < -0.39 is 0 Å². The molecule has 20 heavy (non-hydrogen) atoms. The van der Waals surface area contributed by atoms with Crippen LogP contribution in [0, 0.1) is 5.92 Å². The van der Waals surface area contributed by atoms with Crippen LogP contribution >= 0.6 is 0 Å². The van der Waals surface area contributed by atoms with Crippen molar-refractivity contribution in [3.63, 3.8) is 0 Å². The Hall–Kier alpha value is -1.10. The predicted molar refractivity (Wildman–Crippen MR) is 78.2 cm³/mol. The van der Waals surface area contributed by atoms with E-state index in [4.69, 9.17) is 0 Å². The van der Waals surface area contributed by atoms with Crippen LogP contribution in [0.25, 0.3) is 0 Å². The molecule has 3 atom stereocenters. The van der Waals surface area contributed by atoms with Crippen LogP contribution in [0.2, 0.25) is 0 Å². The van der Waals surface area contributed by atoms with Crippen LogP contribution in [0.15, 0.2) is 0 Å². The van der Waals surface area contributed by atoms with Crippen molar-refractivity contribution in [3.05, 3.63) is 0 Å². The average Bonchev–Trinajstić information content (AvgIpc) is 2.53. The minimum Gasteiger partial charge on any atom is -0.357 e. The largest absolute Gasteiger partial charge is 0.357 e. The highest BCUT2D eigenvalue weighted by Crippen LogP contribution is 2.24. The number of carbonyl (C=O) groups excluding carboxylic acids is 2. The lowest BCUT2D eigenvalue weighted by Crippen LogP contribution is -2.57. The van der Waals surface area contributed by atoms with Crippen molar-refractivity contribution in [1.29, 1.82) is 0 Å². The lowest BCUT2D eigenvalue weighted by atomic mass is 9.89. The first-order valence-corrected chi connectivity index (χ1v) is 7.92. The van der Waals surface area contributed by atoms with Crippen LogP contribution < -0.4 is 10.6 Å². The van der Waals surface area contributed by atoms with Crippen molar-refractivity contribution in [3.8, 4) is 0 Å². The Morgan fingerprint density at radius 3 is 2.80 bits per heavy atom. The monoisotopic (exact) mass is 281 g/mol. The molecule has 0 aromatic carbocycles. The van der Waals surface area contributed by atoms with Crippen molar-refractivity contribution in [2.75, 3.05) is 20.1 Å². The number of piperidine rings is 2. The van der Waals surface area contributed by atoms with Gasteiger partial charge >= 0.3 is 0 Å². The van der Waals surface area contributed by atoms with Gasteiger partial charge in [0.2, 0.25) is 11.8 Å². The molecule has 5 nitrogen and oxygen atoms in total. The molecule has 0 bridgehead atoms. The maximum Gasteiger partial charge on any atom is 0.242 e. The number of amides is 2. The van der Waals surface area contributed by atoms with Gasteiger partial charge in [-0.3, -0.25) is 9.59 Å². The zero-order valence-electron chi connectivity index (χ0n) is 12.7. The average molecular weight is 281 g/mol. The fourth-order valence-corrected chi connectivity index (χ4v) is 3.39. The SMILES string of the molecule is CCC1CCNC(C(=O)N2CCCCC2C(=O)NC)C1. The summed E-state index contributed by atoms with van der Waals surface area (Å²) in [7, 11) is 1.64. The molecule has 114 valence electrons. The van der Waals surface area contributed by atoms with Crippen LogP contribution in [-0.2, 0) is 9.59 Å². The number of nitrogens with one attached hydrogen (secondary N) is 2. The van der Waals surface area contributed by atoms with Gasteiger partial charge in [0.15, 0.2) is 0 Å². The number of likely N-dealkylation sites (tertiary alicyclic amines) is 1. The Morgan fingerprint density at radius 1 is 1.30 bits per heavy atom. The molecular formula is C15H27N3O2. The number of nitrogens with zero attached hydrogens (tertiary/aromatic N) is 1. The topological polar surface area (TPSA) is 61.4 Å². The first kappa shape index (κ1) is 15.3. The van der Waals surface area contributed by atoms with Gasteiger partial charge in [0.1, 0.15) is 6.04 Å². The lowest BCUT2D eigenvalue weighted by molar-refractivity contribution is -0.144. The smallest absolute Gasteiger partial charge is 0.242 e. The highest BCUT2D eigenvalue weighted by atomic mass is 16.2.